The minimum absolute atomic E-state index is 0.0779. The first-order valence-corrected chi connectivity index (χ1v) is 10.0. The quantitative estimate of drug-likeness (QED) is 0.749. The number of fused-ring (bicyclic) bond motifs is 1. The maximum atomic E-state index is 12.9. The molecule has 1 atom stereocenters. The molecule has 0 saturated carbocycles. The SMILES string of the molecule is Cn1cnc2c1[C@@H](C(=O)NCc1cccs1)CN(Cc1cccs1)C2. The molecule has 25 heavy (non-hydrogen) atoms. The highest BCUT2D eigenvalue weighted by molar-refractivity contribution is 7.10. The molecule has 130 valence electrons. The summed E-state index contributed by atoms with van der Waals surface area (Å²) in [6.07, 6.45) is 1.82. The molecule has 3 aromatic rings. The van der Waals surface area contributed by atoms with Gasteiger partial charge in [0.15, 0.2) is 0 Å². The van der Waals surface area contributed by atoms with Gasteiger partial charge in [-0.3, -0.25) is 9.69 Å². The summed E-state index contributed by atoms with van der Waals surface area (Å²) in [5.41, 5.74) is 2.06. The number of imidazole rings is 1. The van der Waals surface area contributed by atoms with E-state index >= 15 is 0 Å². The number of aryl methyl sites for hydroxylation is 1. The van der Waals surface area contributed by atoms with Crippen molar-refractivity contribution in [1.29, 1.82) is 0 Å². The van der Waals surface area contributed by atoms with Gasteiger partial charge in [0.25, 0.3) is 0 Å². The van der Waals surface area contributed by atoms with E-state index in [1.54, 1.807) is 22.7 Å². The molecule has 1 aliphatic rings. The van der Waals surface area contributed by atoms with Crippen LogP contribution in [0.15, 0.2) is 41.4 Å². The number of nitrogens with one attached hydrogen (secondary N) is 1. The van der Waals surface area contributed by atoms with Crippen LogP contribution in [-0.2, 0) is 31.5 Å². The first kappa shape index (κ1) is 16.5. The Morgan fingerprint density at radius 3 is 2.76 bits per heavy atom. The molecule has 0 aliphatic carbocycles. The van der Waals surface area contributed by atoms with Crippen LogP contribution in [-0.4, -0.2) is 26.9 Å². The van der Waals surface area contributed by atoms with Gasteiger partial charge in [0.05, 0.1) is 30.2 Å². The van der Waals surface area contributed by atoms with Crippen LogP contribution in [0.25, 0.3) is 0 Å². The van der Waals surface area contributed by atoms with E-state index in [1.807, 2.05) is 35.5 Å². The number of carbonyl (C=O) groups is 1. The van der Waals surface area contributed by atoms with E-state index in [0.717, 1.165) is 31.0 Å². The molecule has 7 heteroatoms. The van der Waals surface area contributed by atoms with Gasteiger partial charge in [0.2, 0.25) is 5.91 Å². The van der Waals surface area contributed by atoms with Gasteiger partial charge < -0.3 is 9.88 Å². The Morgan fingerprint density at radius 1 is 1.28 bits per heavy atom. The first-order valence-electron chi connectivity index (χ1n) is 8.25. The van der Waals surface area contributed by atoms with Gasteiger partial charge in [-0.2, -0.15) is 0 Å². The van der Waals surface area contributed by atoms with E-state index in [0.29, 0.717) is 6.54 Å². The molecular formula is C18H20N4OS2. The van der Waals surface area contributed by atoms with E-state index in [1.165, 1.54) is 9.75 Å². The number of rotatable bonds is 5. The summed E-state index contributed by atoms with van der Waals surface area (Å²) in [5.74, 6) is -0.106. The number of amides is 1. The van der Waals surface area contributed by atoms with Crippen LogP contribution in [0.2, 0.25) is 0 Å². The summed E-state index contributed by atoms with van der Waals surface area (Å²) in [7, 11) is 1.97. The first-order chi connectivity index (χ1) is 12.2. The number of aromatic nitrogens is 2. The zero-order chi connectivity index (χ0) is 17.2. The molecule has 3 aromatic heterocycles. The Hall–Kier alpha value is -1.96. The topological polar surface area (TPSA) is 50.2 Å². The van der Waals surface area contributed by atoms with Gasteiger partial charge in [-0.15, -0.1) is 22.7 Å². The van der Waals surface area contributed by atoms with Crippen LogP contribution >= 0.6 is 22.7 Å². The molecule has 1 N–H and O–H groups in total. The van der Waals surface area contributed by atoms with E-state index in [-0.39, 0.29) is 11.8 Å². The monoisotopic (exact) mass is 372 g/mol. The molecule has 1 amide bonds. The molecule has 0 unspecified atom stereocenters. The average molecular weight is 373 g/mol. The standard InChI is InChI=1S/C18H20N4OS2/c1-21-12-20-16-11-22(9-14-5-3-7-25-14)10-15(17(16)21)18(23)19-8-13-4-2-6-24-13/h2-7,12,15H,8-11H2,1H3,(H,19,23)/t15-/m0/s1. The molecule has 0 aromatic carbocycles. The summed E-state index contributed by atoms with van der Waals surface area (Å²) in [6, 6.07) is 8.27. The van der Waals surface area contributed by atoms with Crippen molar-refractivity contribution in [3.05, 3.63) is 62.5 Å². The highest BCUT2D eigenvalue weighted by atomic mass is 32.1. The molecule has 0 spiro atoms. The fourth-order valence-electron chi connectivity index (χ4n) is 3.34. The molecule has 0 fully saturated rings. The highest BCUT2D eigenvalue weighted by Crippen LogP contribution is 2.29. The summed E-state index contributed by atoms with van der Waals surface area (Å²) in [5, 5.41) is 7.22. The molecule has 4 rings (SSSR count). The third-order valence-corrected chi connectivity index (χ3v) is 6.24. The molecular weight excluding hydrogens is 352 g/mol. The zero-order valence-corrected chi connectivity index (χ0v) is 15.6. The van der Waals surface area contributed by atoms with Gasteiger partial charge in [0, 0.05) is 36.4 Å². The van der Waals surface area contributed by atoms with Gasteiger partial charge in [-0.1, -0.05) is 12.1 Å². The lowest BCUT2D eigenvalue weighted by Crippen LogP contribution is -2.41. The van der Waals surface area contributed by atoms with Crippen molar-refractivity contribution in [1.82, 2.24) is 19.8 Å². The molecule has 1 aliphatic heterocycles. The Labute approximate surface area is 154 Å². The summed E-state index contributed by atoms with van der Waals surface area (Å²) >= 11 is 3.42. The molecule has 4 heterocycles. The molecule has 5 nitrogen and oxygen atoms in total. The Morgan fingerprint density at radius 2 is 2.04 bits per heavy atom. The minimum Gasteiger partial charge on any atom is -0.351 e. The van der Waals surface area contributed by atoms with Crippen LogP contribution in [0.4, 0.5) is 0 Å². The third-order valence-electron chi connectivity index (χ3n) is 4.50. The van der Waals surface area contributed by atoms with Crippen molar-refractivity contribution in [2.45, 2.75) is 25.6 Å². The summed E-state index contributed by atoms with van der Waals surface area (Å²) in [6.45, 7) is 2.97. The minimum atomic E-state index is -0.184. The predicted molar refractivity (Wildman–Crippen MR) is 101 cm³/mol. The molecule has 0 radical (unpaired) electrons. The Kier molecular flexibility index (Phi) is 4.70. The lowest BCUT2D eigenvalue weighted by atomic mass is 9.97. The van der Waals surface area contributed by atoms with Crippen LogP contribution in [0, 0.1) is 0 Å². The number of hydrogen-bond donors (Lipinski definition) is 1. The second-order valence-corrected chi connectivity index (χ2v) is 8.35. The van der Waals surface area contributed by atoms with Crippen molar-refractivity contribution < 1.29 is 4.79 Å². The van der Waals surface area contributed by atoms with E-state index < -0.39 is 0 Å². The largest absolute Gasteiger partial charge is 0.351 e. The van der Waals surface area contributed by atoms with Crippen molar-refractivity contribution in [3.8, 4) is 0 Å². The van der Waals surface area contributed by atoms with Crippen LogP contribution < -0.4 is 5.32 Å². The van der Waals surface area contributed by atoms with Gasteiger partial charge >= 0.3 is 0 Å². The maximum Gasteiger partial charge on any atom is 0.230 e. The number of hydrogen-bond acceptors (Lipinski definition) is 5. The Bertz CT molecular complexity index is 839. The fraction of sp³-hybridized carbons (Fsp3) is 0.333. The number of nitrogens with zero attached hydrogens (tertiary/aromatic N) is 3. The maximum absolute atomic E-state index is 12.9. The number of thiophene rings is 2. The fourth-order valence-corrected chi connectivity index (χ4v) is 4.73. The lowest BCUT2D eigenvalue weighted by Gasteiger charge is -2.31. The summed E-state index contributed by atoms with van der Waals surface area (Å²) in [4.78, 5) is 22.2. The average Bonchev–Trinajstić information content (AvgIpc) is 3.35. The van der Waals surface area contributed by atoms with Crippen molar-refractivity contribution in [2.24, 2.45) is 7.05 Å². The van der Waals surface area contributed by atoms with Crippen LogP contribution in [0.1, 0.15) is 27.1 Å². The Balaban J connectivity index is 1.51. The van der Waals surface area contributed by atoms with Gasteiger partial charge in [-0.05, 0) is 22.9 Å². The predicted octanol–water partition coefficient (Wildman–Crippen LogP) is 2.96. The zero-order valence-electron chi connectivity index (χ0n) is 14.0. The van der Waals surface area contributed by atoms with Gasteiger partial charge in [-0.25, -0.2) is 4.98 Å². The van der Waals surface area contributed by atoms with E-state index in [4.69, 9.17) is 0 Å². The number of carbonyl (C=O) groups excluding carboxylic acids is 1. The van der Waals surface area contributed by atoms with Crippen molar-refractivity contribution >= 4 is 28.6 Å². The van der Waals surface area contributed by atoms with Crippen molar-refractivity contribution in [2.75, 3.05) is 6.54 Å². The second kappa shape index (κ2) is 7.11. The molecule has 0 bridgehead atoms. The van der Waals surface area contributed by atoms with Crippen molar-refractivity contribution in [3.63, 3.8) is 0 Å². The lowest BCUT2D eigenvalue weighted by molar-refractivity contribution is -0.123. The second-order valence-electron chi connectivity index (χ2n) is 6.29. The van der Waals surface area contributed by atoms with E-state index in [2.05, 4.69) is 32.7 Å². The van der Waals surface area contributed by atoms with Crippen LogP contribution in [0.3, 0.4) is 0 Å². The third kappa shape index (κ3) is 3.53. The van der Waals surface area contributed by atoms with E-state index in [9.17, 15) is 4.79 Å². The smallest absolute Gasteiger partial charge is 0.230 e. The van der Waals surface area contributed by atoms with Crippen LogP contribution in [0.5, 0.6) is 0 Å². The van der Waals surface area contributed by atoms with Gasteiger partial charge in [0.1, 0.15) is 0 Å². The molecule has 0 saturated heterocycles. The normalized spacial score (nSPS) is 17.4. The summed E-state index contributed by atoms with van der Waals surface area (Å²) < 4.78 is 1.99. The highest BCUT2D eigenvalue weighted by Gasteiger charge is 2.33.